The van der Waals surface area contributed by atoms with Crippen molar-refractivity contribution in [2.24, 2.45) is 0 Å². The van der Waals surface area contributed by atoms with Gasteiger partial charge in [0, 0.05) is 25.6 Å². The van der Waals surface area contributed by atoms with Crippen LogP contribution in [0.4, 0.5) is 29.1 Å². The number of pyridine rings is 1. The van der Waals surface area contributed by atoms with Gasteiger partial charge >= 0.3 is 6.18 Å². The average molecular weight is 456 g/mol. The number of halogens is 4. The van der Waals surface area contributed by atoms with E-state index in [1.165, 1.54) is 24.3 Å². The molecule has 0 aliphatic rings. The van der Waals surface area contributed by atoms with Crippen LogP contribution in [0, 0.1) is 24.1 Å². The first-order valence-electron chi connectivity index (χ1n) is 10.0. The lowest BCUT2D eigenvalue weighted by Gasteiger charge is -2.15. The second-order valence-electron chi connectivity index (χ2n) is 7.27. The molecule has 0 spiro atoms. The molecule has 1 heterocycles. The van der Waals surface area contributed by atoms with Crippen LogP contribution in [-0.2, 0) is 17.5 Å². The van der Waals surface area contributed by atoms with Crippen molar-refractivity contribution in [1.29, 1.82) is 5.26 Å². The lowest BCUT2D eigenvalue weighted by atomic mass is 9.98. The summed E-state index contributed by atoms with van der Waals surface area (Å²) < 4.78 is 53.8. The van der Waals surface area contributed by atoms with E-state index in [1.807, 2.05) is 6.07 Å². The molecular weight excluding hydrogens is 436 g/mol. The molecule has 5 nitrogen and oxygen atoms in total. The topological polar surface area (TPSA) is 77.8 Å². The molecule has 0 radical (unpaired) electrons. The van der Waals surface area contributed by atoms with Crippen LogP contribution in [0.25, 0.3) is 11.1 Å². The summed E-state index contributed by atoms with van der Waals surface area (Å²) in [5.41, 5.74) is 0.727. The summed E-state index contributed by atoms with van der Waals surface area (Å²) in [5.74, 6) is -1.20. The van der Waals surface area contributed by atoms with Crippen LogP contribution in [0.3, 0.4) is 0 Å². The highest BCUT2D eigenvalue weighted by atomic mass is 19.4. The molecule has 2 aromatic carbocycles. The maximum absolute atomic E-state index is 13.9. The van der Waals surface area contributed by atoms with Gasteiger partial charge in [-0.25, -0.2) is 9.37 Å². The van der Waals surface area contributed by atoms with Crippen LogP contribution >= 0.6 is 0 Å². The Labute approximate surface area is 188 Å². The molecule has 9 heteroatoms. The number of nitrogens with zero attached hydrogens (tertiary/aromatic N) is 2. The Kier molecular flexibility index (Phi) is 7.28. The Morgan fingerprint density at radius 3 is 2.52 bits per heavy atom. The van der Waals surface area contributed by atoms with Gasteiger partial charge in [0.1, 0.15) is 11.6 Å². The molecule has 33 heavy (non-hydrogen) atoms. The average Bonchev–Trinajstić information content (AvgIpc) is 2.77. The van der Waals surface area contributed by atoms with E-state index in [0.717, 1.165) is 17.2 Å². The molecule has 0 saturated carbocycles. The number of rotatable bonds is 7. The molecule has 3 aromatic rings. The van der Waals surface area contributed by atoms with E-state index in [4.69, 9.17) is 5.26 Å². The van der Waals surface area contributed by atoms with E-state index in [1.54, 1.807) is 31.3 Å². The molecule has 1 aromatic heterocycles. The summed E-state index contributed by atoms with van der Waals surface area (Å²) in [5, 5.41) is 14.5. The Morgan fingerprint density at radius 2 is 1.85 bits per heavy atom. The van der Waals surface area contributed by atoms with Crippen molar-refractivity contribution < 1.29 is 22.4 Å². The molecule has 170 valence electrons. The van der Waals surface area contributed by atoms with Gasteiger partial charge in [0.25, 0.3) is 0 Å². The number of aromatic nitrogens is 1. The minimum absolute atomic E-state index is 0.0612. The van der Waals surface area contributed by atoms with E-state index in [9.17, 15) is 22.4 Å². The number of anilines is 2. The van der Waals surface area contributed by atoms with Crippen molar-refractivity contribution in [2.45, 2.75) is 32.5 Å². The summed E-state index contributed by atoms with van der Waals surface area (Å²) in [6.45, 7) is 2.09. The predicted octanol–water partition coefficient (Wildman–Crippen LogP) is 6.07. The van der Waals surface area contributed by atoms with Crippen LogP contribution in [0.2, 0.25) is 0 Å². The Bertz CT molecular complexity index is 1180. The smallest absolute Gasteiger partial charge is 0.364 e. The lowest BCUT2D eigenvalue weighted by molar-refractivity contribution is -0.139. The highest BCUT2D eigenvalue weighted by Crippen LogP contribution is 2.38. The zero-order valence-corrected chi connectivity index (χ0v) is 17.6. The molecule has 0 fully saturated rings. The van der Waals surface area contributed by atoms with Crippen molar-refractivity contribution in [2.75, 3.05) is 10.6 Å². The van der Waals surface area contributed by atoms with E-state index in [0.29, 0.717) is 11.5 Å². The summed E-state index contributed by atoms with van der Waals surface area (Å²) in [6.07, 6.45) is -3.08. The normalized spacial score (nSPS) is 11.0. The van der Waals surface area contributed by atoms with E-state index in [-0.39, 0.29) is 36.4 Å². The van der Waals surface area contributed by atoms with Gasteiger partial charge in [0.05, 0.1) is 17.3 Å². The van der Waals surface area contributed by atoms with E-state index < -0.39 is 17.6 Å². The van der Waals surface area contributed by atoms with Crippen molar-refractivity contribution in [1.82, 2.24) is 4.98 Å². The second kappa shape index (κ2) is 10.1. The van der Waals surface area contributed by atoms with Gasteiger partial charge in [0.2, 0.25) is 5.91 Å². The van der Waals surface area contributed by atoms with Crippen LogP contribution in [0.15, 0.2) is 54.7 Å². The summed E-state index contributed by atoms with van der Waals surface area (Å²) in [6, 6.07) is 13.2. The number of hydrogen-bond donors (Lipinski definition) is 2. The minimum atomic E-state index is -4.81. The minimum Gasteiger partial charge on any atom is -0.364 e. The number of benzene rings is 2. The van der Waals surface area contributed by atoms with Gasteiger partial charge in [-0.3, -0.25) is 4.79 Å². The van der Waals surface area contributed by atoms with Crippen LogP contribution in [-0.4, -0.2) is 10.9 Å². The fraction of sp³-hybridized carbons (Fsp3) is 0.208. The van der Waals surface area contributed by atoms with Crippen molar-refractivity contribution in [3.05, 3.63) is 77.2 Å². The molecule has 0 unspecified atom stereocenters. The third-order valence-electron chi connectivity index (χ3n) is 4.91. The largest absolute Gasteiger partial charge is 0.419 e. The molecule has 0 saturated heterocycles. The quantitative estimate of drug-likeness (QED) is 0.423. The zero-order chi connectivity index (χ0) is 24.0. The van der Waals surface area contributed by atoms with Gasteiger partial charge in [-0.2, -0.15) is 18.4 Å². The molecule has 2 N–H and O–H groups in total. The van der Waals surface area contributed by atoms with Gasteiger partial charge in [0.15, 0.2) is 0 Å². The highest BCUT2D eigenvalue weighted by molar-refractivity contribution is 5.94. The first-order valence-corrected chi connectivity index (χ1v) is 10.0. The zero-order valence-electron chi connectivity index (χ0n) is 17.6. The molecule has 3 rings (SSSR count). The van der Waals surface area contributed by atoms with Crippen LogP contribution in [0.5, 0.6) is 0 Å². The molecular formula is C24H20F4N4O. The maximum Gasteiger partial charge on any atom is 0.419 e. The number of nitriles is 1. The van der Waals surface area contributed by atoms with Gasteiger partial charge < -0.3 is 10.6 Å². The van der Waals surface area contributed by atoms with E-state index >= 15 is 0 Å². The molecule has 0 atom stereocenters. The monoisotopic (exact) mass is 456 g/mol. The predicted molar refractivity (Wildman–Crippen MR) is 117 cm³/mol. The Balaban J connectivity index is 1.77. The molecule has 0 aliphatic heterocycles. The fourth-order valence-corrected chi connectivity index (χ4v) is 3.26. The molecule has 0 bridgehead atoms. The van der Waals surface area contributed by atoms with E-state index in [2.05, 4.69) is 15.6 Å². The number of amides is 1. The first kappa shape index (κ1) is 23.7. The Morgan fingerprint density at radius 1 is 1.12 bits per heavy atom. The first-order chi connectivity index (χ1) is 15.7. The lowest BCUT2D eigenvalue weighted by Crippen LogP contribution is -2.15. The van der Waals surface area contributed by atoms with Crippen molar-refractivity contribution in [3.8, 4) is 17.2 Å². The van der Waals surface area contributed by atoms with Crippen LogP contribution < -0.4 is 10.6 Å². The van der Waals surface area contributed by atoms with Gasteiger partial charge in [-0.05, 0) is 41.3 Å². The SMILES string of the molecule is Cc1ccnc(NCc2ccc(-c3cccc(F)c3C(F)(F)F)cc2)c1NC(=O)CCC#N. The second-order valence-corrected chi connectivity index (χ2v) is 7.27. The number of carbonyl (C=O) groups is 1. The Hall–Kier alpha value is -3.93. The van der Waals surface area contributed by atoms with Crippen molar-refractivity contribution >= 4 is 17.4 Å². The fourth-order valence-electron chi connectivity index (χ4n) is 3.26. The third kappa shape index (κ3) is 5.86. The summed E-state index contributed by atoms with van der Waals surface area (Å²) >= 11 is 0. The number of alkyl halides is 3. The van der Waals surface area contributed by atoms with Crippen LogP contribution in [0.1, 0.15) is 29.5 Å². The summed E-state index contributed by atoms with van der Waals surface area (Å²) in [7, 11) is 0. The maximum atomic E-state index is 13.9. The standard InChI is InChI=1S/C24H20F4N4O/c1-15-11-13-30-23(22(15)32-20(33)6-3-12-29)31-14-16-7-9-17(10-8-16)18-4-2-5-19(25)21(18)24(26,27)28/h2,4-5,7-11,13H,3,6,14H2,1H3,(H,30,31)(H,32,33). The molecule has 0 aliphatic carbocycles. The van der Waals surface area contributed by atoms with Crippen molar-refractivity contribution in [3.63, 3.8) is 0 Å². The summed E-state index contributed by atoms with van der Waals surface area (Å²) in [4.78, 5) is 16.3. The number of nitrogens with one attached hydrogen (secondary N) is 2. The van der Waals surface area contributed by atoms with Gasteiger partial charge in [-0.1, -0.05) is 36.4 Å². The number of carbonyl (C=O) groups excluding carboxylic acids is 1. The molecule has 1 amide bonds. The highest BCUT2D eigenvalue weighted by Gasteiger charge is 2.36. The number of hydrogen-bond acceptors (Lipinski definition) is 4. The third-order valence-corrected chi connectivity index (χ3v) is 4.91. The van der Waals surface area contributed by atoms with Gasteiger partial charge in [-0.15, -0.1) is 0 Å². The number of aryl methyl sites for hydroxylation is 1.